The number of methoxy groups -OCH3 is 1. The Hall–Kier alpha value is -2.76. The SMILES string of the molecule is COC(=O)c1ccc2nnc(-c3ncccc3C)n2c1. The normalized spacial score (nSPS) is 10.7. The van der Waals surface area contributed by atoms with E-state index in [-0.39, 0.29) is 0 Å². The maximum atomic E-state index is 11.6. The first-order chi connectivity index (χ1) is 9.70. The van der Waals surface area contributed by atoms with Crippen LogP contribution in [0.1, 0.15) is 15.9 Å². The third-order valence-electron chi connectivity index (χ3n) is 3.04. The average Bonchev–Trinajstić information content (AvgIpc) is 2.90. The van der Waals surface area contributed by atoms with Gasteiger partial charge in [0.1, 0.15) is 5.69 Å². The Balaban J connectivity index is 2.22. The second-order valence-electron chi connectivity index (χ2n) is 4.33. The van der Waals surface area contributed by atoms with Gasteiger partial charge in [-0.15, -0.1) is 10.2 Å². The van der Waals surface area contributed by atoms with Gasteiger partial charge in [-0.2, -0.15) is 0 Å². The number of carbonyl (C=O) groups excluding carboxylic acids is 1. The van der Waals surface area contributed by atoms with E-state index in [1.807, 2.05) is 19.1 Å². The summed E-state index contributed by atoms with van der Waals surface area (Å²) in [4.78, 5) is 15.9. The van der Waals surface area contributed by atoms with Crippen molar-refractivity contribution in [1.29, 1.82) is 0 Å². The molecule has 100 valence electrons. The summed E-state index contributed by atoms with van der Waals surface area (Å²) in [6, 6.07) is 7.20. The number of fused-ring (bicyclic) bond motifs is 1. The molecular weight excluding hydrogens is 256 g/mol. The zero-order chi connectivity index (χ0) is 14.1. The van der Waals surface area contributed by atoms with Gasteiger partial charge in [-0.25, -0.2) is 4.79 Å². The van der Waals surface area contributed by atoms with Crippen molar-refractivity contribution in [2.45, 2.75) is 6.92 Å². The molecule has 0 aliphatic heterocycles. The summed E-state index contributed by atoms with van der Waals surface area (Å²) < 4.78 is 6.46. The molecule has 0 bridgehead atoms. The minimum absolute atomic E-state index is 0.399. The number of pyridine rings is 2. The lowest BCUT2D eigenvalue weighted by Gasteiger charge is -2.04. The van der Waals surface area contributed by atoms with Crippen LogP contribution in [0.5, 0.6) is 0 Å². The van der Waals surface area contributed by atoms with Gasteiger partial charge in [0.15, 0.2) is 11.5 Å². The molecule has 0 radical (unpaired) electrons. The van der Waals surface area contributed by atoms with Crippen molar-refractivity contribution >= 4 is 11.6 Å². The highest BCUT2D eigenvalue weighted by molar-refractivity contribution is 5.89. The van der Waals surface area contributed by atoms with Crippen molar-refractivity contribution in [3.05, 3.63) is 47.8 Å². The monoisotopic (exact) mass is 268 g/mol. The Morgan fingerprint density at radius 2 is 2.10 bits per heavy atom. The molecule has 0 fully saturated rings. The Morgan fingerprint density at radius 1 is 1.25 bits per heavy atom. The van der Waals surface area contributed by atoms with Crippen LogP contribution in [0.4, 0.5) is 0 Å². The summed E-state index contributed by atoms with van der Waals surface area (Å²) >= 11 is 0. The number of aryl methyl sites for hydroxylation is 1. The molecule has 3 rings (SSSR count). The van der Waals surface area contributed by atoms with E-state index in [9.17, 15) is 4.79 Å². The van der Waals surface area contributed by atoms with Crippen LogP contribution in [-0.4, -0.2) is 32.7 Å². The number of nitrogens with zero attached hydrogens (tertiary/aromatic N) is 4. The summed E-state index contributed by atoms with van der Waals surface area (Å²) in [7, 11) is 1.35. The van der Waals surface area contributed by atoms with Crippen LogP contribution in [0.2, 0.25) is 0 Å². The lowest BCUT2D eigenvalue weighted by Crippen LogP contribution is -2.03. The summed E-state index contributed by atoms with van der Waals surface area (Å²) in [5.74, 6) is 0.202. The van der Waals surface area contributed by atoms with Gasteiger partial charge >= 0.3 is 5.97 Å². The third-order valence-corrected chi connectivity index (χ3v) is 3.04. The van der Waals surface area contributed by atoms with Gasteiger partial charge in [0.25, 0.3) is 0 Å². The van der Waals surface area contributed by atoms with Gasteiger partial charge < -0.3 is 4.74 Å². The zero-order valence-electron chi connectivity index (χ0n) is 11.1. The molecule has 3 heterocycles. The molecule has 3 aromatic rings. The van der Waals surface area contributed by atoms with E-state index in [1.54, 1.807) is 28.9 Å². The van der Waals surface area contributed by atoms with Crippen LogP contribution >= 0.6 is 0 Å². The first kappa shape index (κ1) is 12.3. The van der Waals surface area contributed by atoms with Crippen molar-refractivity contribution in [2.24, 2.45) is 0 Å². The molecular formula is C14H12N4O2. The molecule has 0 unspecified atom stereocenters. The summed E-state index contributed by atoms with van der Waals surface area (Å²) in [5.41, 5.74) is 2.82. The summed E-state index contributed by atoms with van der Waals surface area (Å²) in [6.45, 7) is 1.95. The molecule has 6 heteroatoms. The molecule has 6 nitrogen and oxygen atoms in total. The highest BCUT2D eigenvalue weighted by Gasteiger charge is 2.14. The van der Waals surface area contributed by atoms with Gasteiger partial charge in [-0.1, -0.05) is 6.07 Å². The van der Waals surface area contributed by atoms with E-state index in [1.165, 1.54) is 7.11 Å². The molecule has 0 aliphatic rings. The lowest BCUT2D eigenvalue weighted by atomic mass is 10.2. The Bertz CT molecular complexity index is 795. The van der Waals surface area contributed by atoms with Crippen LogP contribution in [0, 0.1) is 6.92 Å². The highest BCUT2D eigenvalue weighted by Crippen LogP contribution is 2.20. The predicted octanol–water partition coefficient (Wildman–Crippen LogP) is 1.89. The van der Waals surface area contributed by atoms with Crippen LogP contribution < -0.4 is 0 Å². The van der Waals surface area contributed by atoms with E-state index in [0.29, 0.717) is 17.0 Å². The van der Waals surface area contributed by atoms with Crippen molar-refractivity contribution in [3.63, 3.8) is 0 Å². The third kappa shape index (κ3) is 1.91. The van der Waals surface area contributed by atoms with Gasteiger partial charge in [-0.3, -0.25) is 9.38 Å². The second kappa shape index (κ2) is 4.73. The highest BCUT2D eigenvalue weighted by atomic mass is 16.5. The van der Waals surface area contributed by atoms with E-state index in [0.717, 1.165) is 11.3 Å². The van der Waals surface area contributed by atoms with Crippen LogP contribution in [0.25, 0.3) is 17.2 Å². The maximum Gasteiger partial charge on any atom is 0.339 e. The second-order valence-corrected chi connectivity index (χ2v) is 4.33. The molecule has 3 aromatic heterocycles. The van der Waals surface area contributed by atoms with Crippen molar-refractivity contribution in [2.75, 3.05) is 7.11 Å². The predicted molar refractivity (Wildman–Crippen MR) is 72.3 cm³/mol. The molecule has 20 heavy (non-hydrogen) atoms. The van der Waals surface area contributed by atoms with Gasteiger partial charge in [-0.05, 0) is 30.7 Å². The number of aromatic nitrogens is 4. The van der Waals surface area contributed by atoms with E-state index < -0.39 is 5.97 Å². The standard InChI is InChI=1S/C14H12N4O2/c1-9-4-3-7-15-12(9)13-17-16-11-6-5-10(8-18(11)13)14(19)20-2/h3-8H,1-2H3. The maximum absolute atomic E-state index is 11.6. The van der Waals surface area contributed by atoms with Crippen molar-refractivity contribution < 1.29 is 9.53 Å². The molecule has 0 spiro atoms. The molecule has 0 amide bonds. The topological polar surface area (TPSA) is 69.4 Å². The minimum Gasteiger partial charge on any atom is -0.465 e. The Kier molecular flexibility index (Phi) is 2.90. The van der Waals surface area contributed by atoms with Crippen molar-refractivity contribution in [3.8, 4) is 11.5 Å². The minimum atomic E-state index is -0.399. The molecule has 0 saturated carbocycles. The lowest BCUT2D eigenvalue weighted by molar-refractivity contribution is 0.0600. The molecule has 0 N–H and O–H groups in total. The van der Waals surface area contributed by atoms with Crippen molar-refractivity contribution in [1.82, 2.24) is 19.6 Å². The van der Waals surface area contributed by atoms with Crippen LogP contribution in [0.3, 0.4) is 0 Å². The number of carbonyl (C=O) groups is 1. The van der Waals surface area contributed by atoms with Crippen LogP contribution in [-0.2, 0) is 4.74 Å². The van der Waals surface area contributed by atoms with Gasteiger partial charge in [0, 0.05) is 12.4 Å². The number of ether oxygens (including phenoxy) is 1. The summed E-state index contributed by atoms with van der Waals surface area (Å²) in [6.07, 6.45) is 3.36. The van der Waals surface area contributed by atoms with Gasteiger partial charge in [0.05, 0.1) is 12.7 Å². The fourth-order valence-electron chi connectivity index (χ4n) is 2.01. The largest absolute Gasteiger partial charge is 0.465 e. The fourth-order valence-corrected chi connectivity index (χ4v) is 2.01. The Morgan fingerprint density at radius 3 is 2.85 bits per heavy atom. The first-order valence-electron chi connectivity index (χ1n) is 6.06. The van der Waals surface area contributed by atoms with Crippen LogP contribution in [0.15, 0.2) is 36.7 Å². The quantitative estimate of drug-likeness (QED) is 0.664. The van der Waals surface area contributed by atoms with E-state index in [2.05, 4.69) is 15.2 Å². The fraction of sp³-hybridized carbons (Fsp3) is 0.143. The zero-order valence-corrected chi connectivity index (χ0v) is 11.1. The summed E-state index contributed by atoms with van der Waals surface area (Å²) in [5, 5.41) is 8.23. The molecule has 0 aliphatic carbocycles. The number of hydrogen-bond acceptors (Lipinski definition) is 5. The average molecular weight is 268 g/mol. The van der Waals surface area contributed by atoms with E-state index >= 15 is 0 Å². The molecule has 0 saturated heterocycles. The number of rotatable bonds is 2. The van der Waals surface area contributed by atoms with E-state index in [4.69, 9.17) is 4.74 Å². The number of esters is 1. The molecule has 0 atom stereocenters. The Labute approximate surface area is 115 Å². The first-order valence-corrected chi connectivity index (χ1v) is 6.06. The smallest absolute Gasteiger partial charge is 0.339 e. The number of hydrogen-bond donors (Lipinski definition) is 0. The van der Waals surface area contributed by atoms with Gasteiger partial charge in [0.2, 0.25) is 0 Å². The molecule has 0 aromatic carbocycles.